The lowest BCUT2D eigenvalue weighted by atomic mass is 9.88. The molecule has 0 bridgehead atoms. The number of aliphatic hydroxyl groups excluding tert-OH is 6. The highest BCUT2D eigenvalue weighted by atomic mass is 32.1. The smallest absolute Gasteiger partial charge is 0.303 e. The van der Waals surface area contributed by atoms with Gasteiger partial charge in [0.15, 0.2) is 0 Å². The Bertz CT molecular complexity index is 989. The van der Waals surface area contributed by atoms with E-state index in [4.69, 9.17) is 46.0 Å². The lowest BCUT2D eigenvalue weighted by Crippen LogP contribution is -2.32. The summed E-state index contributed by atoms with van der Waals surface area (Å²) in [5.41, 5.74) is 2.02. The van der Waals surface area contributed by atoms with Crippen LogP contribution in [0, 0.1) is 10.8 Å². The Morgan fingerprint density at radius 3 is 0.833 bits per heavy atom. The van der Waals surface area contributed by atoms with Crippen LogP contribution in [-0.4, -0.2) is 104 Å². The van der Waals surface area contributed by atoms with Crippen molar-refractivity contribution in [1.82, 2.24) is 0 Å². The van der Waals surface area contributed by atoms with Crippen LogP contribution in [0.25, 0.3) is 0 Å². The van der Waals surface area contributed by atoms with E-state index in [0.29, 0.717) is 32.1 Å². The third-order valence-electron chi connectivity index (χ3n) is 7.14. The molecule has 3 aromatic heterocycles. The molecule has 0 unspecified atom stereocenters. The second-order valence-corrected chi connectivity index (χ2v) is 13.1. The van der Waals surface area contributed by atoms with Gasteiger partial charge in [-0.25, -0.2) is 0 Å². The lowest BCUT2D eigenvalue weighted by Gasteiger charge is -2.24. The number of carboxylic acid groups (broad SMARTS) is 3. The number of thiophene rings is 3. The van der Waals surface area contributed by atoms with Gasteiger partial charge in [0.2, 0.25) is 0 Å². The first-order valence-electron chi connectivity index (χ1n) is 15.2. The highest BCUT2D eigenvalue weighted by molar-refractivity contribution is 7.08. The largest absolute Gasteiger partial charge is 0.481 e. The van der Waals surface area contributed by atoms with Crippen LogP contribution in [0.15, 0.2) is 50.5 Å². The molecule has 274 valence electrons. The fourth-order valence-electron chi connectivity index (χ4n) is 3.03. The van der Waals surface area contributed by atoms with Gasteiger partial charge in [-0.2, -0.15) is 34.0 Å². The van der Waals surface area contributed by atoms with Gasteiger partial charge in [0.05, 0.1) is 39.6 Å². The second-order valence-electron chi connectivity index (χ2n) is 10.7. The van der Waals surface area contributed by atoms with Crippen molar-refractivity contribution in [1.29, 1.82) is 0 Å². The van der Waals surface area contributed by atoms with Crippen LogP contribution in [0.1, 0.15) is 62.6 Å². The van der Waals surface area contributed by atoms with Crippen molar-refractivity contribution in [3.63, 3.8) is 0 Å². The second kappa shape index (κ2) is 29.2. The maximum absolute atomic E-state index is 10.1. The molecule has 0 radical (unpaired) electrons. The third kappa shape index (κ3) is 23.6. The fraction of sp³-hybridized carbons (Fsp3) is 0.545. The van der Waals surface area contributed by atoms with E-state index in [1.54, 1.807) is 34.0 Å². The molecular formula is C33H52O12S3. The van der Waals surface area contributed by atoms with Crippen molar-refractivity contribution >= 4 is 51.9 Å². The number of hydrogen-bond donors (Lipinski definition) is 9. The topological polar surface area (TPSA) is 233 Å². The minimum Gasteiger partial charge on any atom is -0.481 e. The molecule has 9 N–H and O–H groups in total. The lowest BCUT2D eigenvalue weighted by molar-refractivity contribution is -0.138. The average Bonchev–Trinajstić information content (AvgIpc) is 3.91. The van der Waals surface area contributed by atoms with Gasteiger partial charge in [-0.05, 0) is 99.3 Å². The van der Waals surface area contributed by atoms with E-state index in [2.05, 4.69) is 0 Å². The number of aliphatic hydroxyl groups is 6. The van der Waals surface area contributed by atoms with Crippen molar-refractivity contribution in [3.8, 4) is 0 Å². The zero-order valence-corrected chi connectivity index (χ0v) is 30.0. The first kappa shape index (κ1) is 47.4. The van der Waals surface area contributed by atoms with Gasteiger partial charge in [-0.15, -0.1) is 0 Å². The maximum Gasteiger partial charge on any atom is 0.303 e. The standard InChI is InChI=1S/3C7H8O2S.2C6H14O3/c3*8-7(9)2-1-6-3-4-10-5-6;2*1-2-6(3-7,4-8)5-9/h3*3-5H,1-2H2,(H,8,9);2*7-9H,2-5H2,1H3. The van der Waals surface area contributed by atoms with E-state index >= 15 is 0 Å². The molecule has 0 atom stereocenters. The predicted octanol–water partition coefficient (Wildman–Crippen LogP) is 4.02. The Kier molecular flexibility index (Phi) is 28.8. The van der Waals surface area contributed by atoms with Crippen molar-refractivity contribution in [2.45, 2.75) is 65.2 Å². The summed E-state index contributed by atoms with van der Waals surface area (Å²) in [6.45, 7) is 2.71. The van der Waals surface area contributed by atoms with E-state index in [1.165, 1.54) is 0 Å². The summed E-state index contributed by atoms with van der Waals surface area (Å²) in [5.74, 6) is -2.19. The molecule has 0 aliphatic carbocycles. The van der Waals surface area contributed by atoms with Crippen molar-refractivity contribution < 1.29 is 60.3 Å². The number of hydrogen-bond acceptors (Lipinski definition) is 12. The van der Waals surface area contributed by atoms with Gasteiger partial charge >= 0.3 is 17.9 Å². The van der Waals surface area contributed by atoms with Crippen LogP contribution in [0.5, 0.6) is 0 Å². The zero-order chi connectivity index (χ0) is 36.8. The van der Waals surface area contributed by atoms with Gasteiger partial charge in [0.25, 0.3) is 0 Å². The molecule has 0 aliphatic heterocycles. The SMILES string of the molecule is CCC(CO)(CO)CO.CCC(CO)(CO)CO.O=C(O)CCc1ccsc1.O=C(O)CCc1ccsc1.O=C(O)CCc1ccsc1. The number of aliphatic carboxylic acids is 3. The molecule has 0 saturated heterocycles. The van der Waals surface area contributed by atoms with Crippen LogP contribution in [-0.2, 0) is 33.6 Å². The Hall–Kier alpha value is -2.73. The molecular weight excluding hydrogens is 685 g/mol. The van der Waals surface area contributed by atoms with Crippen LogP contribution < -0.4 is 0 Å². The molecule has 48 heavy (non-hydrogen) atoms. The molecule has 0 spiro atoms. The van der Waals surface area contributed by atoms with Gasteiger partial charge in [0.1, 0.15) is 0 Å². The van der Waals surface area contributed by atoms with Crippen LogP contribution in [0.4, 0.5) is 0 Å². The van der Waals surface area contributed by atoms with Crippen LogP contribution in [0.3, 0.4) is 0 Å². The highest BCUT2D eigenvalue weighted by Gasteiger charge is 2.25. The van der Waals surface area contributed by atoms with E-state index in [-0.39, 0.29) is 58.9 Å². The summed E-state index contributed by atoms with van der Waals surface area (Å²) in [6, 6.07) is 5.86. The molecule has 3 heterocycles. The quantitative estimate of drug-likeness (QED) is 0.0957. The molecule has 3 rings (SSSR count). The van der Waals surface area contributed by atoms with Gasteiger partial charge in [0, 0.05) is 30.1 Å². The normalized spacial score (nSPS) is 10.5. The number of carboxylic acids is 3. The Morgan fingerprint density at radius 1 is 0.500 bits per heavy atom. The monoisotopic (exact) mass is 736 g/mol. The Labute approximate surface area is 294 Å². The van der Waals surface area contributed by atoms with E-state index in [9.17, 15) is 14.4 Å². The first-order valence-corrected chi connectivity index (χ1v) is 18.0. The number of rotatable bonds is 17. The molecule has 0 aliphatic rings. The summed E-state index contributed by atoms with van der Waals surface area (Å²) < 4.78 is 0. The predicted molar refractivity (Wildman–Crippen MR) is 189 cm³/mol. The maximum atomic E-state index is 10.1. The molecule has 0 saturated carbocycles. The first-order chi connectivity index (χ1) is 22.8. The number of carbonyl (C=O) groups is 3. The van der Waals surface area contributed by atoms with Crippen molar-refractivity contribution in [3.05, 3.63) is 67.2 Å². The van der Waals surface area contributed by atoms with Crippen molar-refractivity contribution in [2.24, 2.45) is 10.8 Å². The van der Waals surface area contributed by atoms with Gasteiger partial charge in [-0.1, -0.05) is 13.8 Å². The van der Waals surface area contributed by atoms with Crippen LogP contribution >= 0.6 is 34.0 Å². The molecule has 0 aromatic carbocycles. The Balaban J connectivity index is 0. The highest BCUT2D eigenvalue weighted by Crippen LogP contribution is 2.19. The molecule has 3 aromatic rings. The summed E-state index contributed by atoms with van der Waals surface area (Å²) in [4.78, 5) is 30.3. The summed E-state index contributed by atoms with van der Waals surface area (Å²) in [6.07, 6.45) is 3.84. The summed E-state index contributed by atoms with van der Waals surface area (Å²) >= 11 is 4.79. The van der Waals surface area contributed by atoms with E-state index in [0.717, 1.165) is 16.7 Å². The molecule has 0 amide bonds. The number of aryl methyl sites for hydroxylation is 3. The molecule has 12 nitrogen and oxygen atoms in total. The summed E-state index contributed by atoms with van der Waals surface area (Å²) in [7, 11) is 0. The molecule has 15 heteroatoms. The van der Waals surface area contributed by atoms with E-state index < -0.39 is 28.7 Å². The minimum absolute atomic E-state index is 0.156. The minimum atomic E-state index is -0.730. The van der Waals surface area contributed by atoms with Crippen molar-refractivity contribution in [2.75, 3.05) is 39.6 Å². The van der Waals surface area contributed by atoms with E-state index in [1.807, 2.05) is 64.3 Å². The third-order valence-corrected chi connectivity index (χ3v) is 9.33. The Morgan fingerprint density at radius 2 is 0.729 bits per heavy atom. The van der Waals surface area contributed by atoms with Crippen LogP contribution in [0.2, 0.25) is 0 Å². The van der Waals surface area contributed by atoms with Gasteiger partial charge < -0.3 is 46.0 Å². The van der Waals surface area contributed by atoms with Gasteiger partial charge in [-0.3, -0.25) is 14.4 Å². The molecule has 0 fully saturated rings. The fourth-order valence-corrected chi connectivity index (χ4v) is 5.14. The average molecular weight is 737 g/mol. The zero-order valence-electron chi connectivity index (χ0n) is 27.6. The summed E-state index contributed by atoms with van der Waals surface area (Å²) in [5, 5.41) is 88.7.